The van der Waals surface area contributed by atoms with E-state index in [1.807, 2.05) is 6.20 Å². The lowest BCUT2D eigenvalue weighted by Gasteiger charge is -2.25. The zero-order valence-corrected chi connectivity index (χ0v) is 11.4. The molecule has 0 amide bonds. The van der Waals surface area contributed by atoms with Gasteiger partial charge < -0.3 is 4.90 Å². The fourth-order valence-electron chi connectivity index (χ4n) is 3.69. The van der Waals surface area contributed by atoms with Gasteiger partial charge in [0, 0.05) is 18.8 Å². The van der Waals surface area contributed by atoms with E-state index in [1.54, 1.807) is 0 Å². The summed E-state index contributed by atoms with van der Waals surface area (Å²) in [5.41, 5.74) is 1.47. The topological polar surface area (TPSA) is 16.1 Å². The quantitative estimate of drug-likeness (QED) is 0.804. The number of fused-ring (bicyclic) bond motifs is 3. The van der Waals surface area contributed by atoms with Crippen molar-refractivity contribution in [2.45, 2.75) is 57.9 Å². The van der Waals surface area contributed by atoms with Crippen molar-refractivity contribution in [3.8, 4) is 0 Å². The summed E-state index contributed by atoms with van der Waals surface area (Å²) in [5, 5.41) is 0. The Bertz CT molecular complexity index is 402. The van der Waals surface area contributed by atoms with E-state index in [-0.39, 0.29) is 0 Å². The summed E-state index contributed by atoms with van der Waals surface area (Å²) in [7, 11) is 0. The second-order valence-corrected chi connectivity index (χ2v) is 5.92. The van der Waals surface area contributed by atoms with Gasteiger partial charge >= 0.3 is 0 Å². The Morgan fingerprint density at radius 3 is 3.28 bits per heavy atom. The molecule has 2 atom stereocenters. The molecule has 2 heteroatoms. The maximum absolute atomic E-state index is 4.60. The Hall–Kier alpha value is -1.05. The average molecular weight is 244 g/mol. The number of unbranched alkanes of at least 4 members (excludes halogenated alkanes) is 1. The number of aromatic nitrogens is 1. The second-order valence-electron chi connectivity index (χ2n) is 5.92. The highest BCUT2D eigenvalue weighted by Crippen LogP contribution is 2.37. The molecule has 0 N–H and O–H groups in total. The van der Waals surface area contributed by atoms with E-state index in [0.717, 1.165) is 12.0 Å². The van der Waals surface area contributed by atoms with Crippen LogP contribution in [-0.4, -0.2) is 17.6 Å². The molecule has 0 radical (unpaired) electrons. The number of nitrogens with zero attached hydrogens (tertiary/aromatic N) is 2. The molecule has 3 rings (SSSR count). The molecule has 2 nitrogen and oxygen atoms in total. The van der Waals surface area contributed by atoms with E-state index < -0.39 is 0 Å². The lowest BCUT2D eigenvalue weighted by atomic mass is 9.90. The van der Waals surface area contributed by atoms with Crippen molar-refractivity contribution in [1.29, 1.82) is 0 Å². The molecule has 1 unspecified atom stereocenters. The molecule has 1 aromatic heterocycles. The van der Waals surface area contributed by atoms with Crippen LogP contribution < -0.4 is 4.90 Å². The van der Waals surface area contributed by atoms with Crippen LogP contribution in [0.1, 0.15) is 51.0 Å². The third kappa shape index (κ3) is 2.25. The number of hydrogen-bond acceptors (Lipinski definition) is 2. The molecule has 18 heavy (non-hydrogen) atoms. The molecule has 98 valence electrons. The highest BCUT2D eigenvalue weighted by atomic mass is 15.2. The Balaban J connectivity index is 1.72. The lowest BCUT2D eigenvalue weighted by molar-refractivity contribution is 0.393. The van der Waals surface area contributed by atoms with E-state index in [0.29, 0.717) is 0 Å². The summed E-state index contributed by atoms with van der Waals surface area (Å²) < 4.78 is 0. The summed E-state index contributed by atoms with van der Waals surface area (Å²) in [6, 6.07) is 5.08. The van der Waals surface area contributed by atoms with E-state index in [2.05, 4.69) is 28.9 Å². The largest absolute Gasteiger partial charge is 0.353 e. The molecule has 3 heterocycles. The van der Waals surface area contributed by atoms with Gasteiger partial charge in [0.05, 0.1) is 0 Å². The smallest absolute Gasteiger partial charge is 0.132 e. The number of rotatable bonds is 3. The summed E-state index contributed by atoms with van der Waals surface area (Å²) in [5.74, 6) is 2.23. The van der Waals surface area contributed by atoms with Gasteiger partial charge in [-0.2, -0.15) is 0 Å². The normalized spacial score (nSPS) is 26.6. The first-order valence-corrected chi connectivity index (χ1v) is 7.59. The Morgan fingerprint density at radius 2 is 2.39 bits per heavy atom. The zero-order valence-electron chi connectivity index (χ0n) is 11.4. The first-order chi connectivity index (χ1) is 8.88. The van der Waals surface area contributed by atoms with Crippen molar-refractivity contribution in [3.63, 3.8) is 0 Å². The van der Waals surface area contributed by atoms with Gasteiger partial charge in [0.25, 0.3) is 0 Å². The molecular weight excluding hydrogens is 220 g/mol. The molecule has 0 aromatic carbocycles. The summed E-state index contributed by atoms with van der Waals surface area (Å²) in [6.45, 7) is 3.52. The molecule has 1 fully saturated rings. The number of pyridine rings is 1. The second kappa shape index (κ2) is 5.29. The van der Waals surface area contributed by atoms with Crippen LogP contribution in [0.5, 0.6) is 0 Å². The molecule has 1 aromatic rings. The van der Waals surface area contributed by atoms with E-state index >= 15 is 0 Å². The van der Waals surface area contributed by atoms with Crippen LogP contribution in [-0.2, 0) is 6.42 Å². The first kappa shape index (κ1) is 12.0. The highest BCUT2D eigenvalue weighted by molar-refractivity contribution is 5.53. The van der Waals surface area contributed by atoms with Gasteiger partial charge in [0.1, 0.15) is 5.82 Å². The third-order valence-electron chi connectivity index (χ3n) is 4.62. The van der Waals surface area contributed by atoms with Gasteiger partial charge in [-0.15, -0.1) is 0 Å². The minimum atomic E-state index is 0.735. The Labute approximate surface area is 110 Å². The van der Waals surface area contributed by atoms with Crippen molar-refractivity contribution >= 4 is 5.82 Å². The van der Waals surface area contributed by atoms with Crippen molar-refractivity contribution < 1.29 is 0 Å². The van der Waals surface area contributed by atoms with Gasteiger partial charge in [0.15, 0.2) is 0 Å². The van der Waals surface area contributed by atoms with Crippen LogP contribution in [0.15, 0.2) is 18.3 Å². The standard InChI is InChI=1S/C16H24N2/c1-2-3-6-13-7-5-10-18-15(11-13)12-14-8-4-9-17-16(14)18/h4,8-9,13,15H,2-3,5-7,10-12H2,1H3/t13?,15-/m1/s1. The van der Waals surface area contributed by atoms with Crippen LogP contribution in [0.2, 0.25) is 0 Å². The summed E-state index contributed by atoms with van der Waals surface area (Å²) in [4.78, 5) is 7.18. The minimum Gasteiger partial charge on any atom is -0.353 e. The molecule has 0 saturated carbocycles. The van der Waals surface area contributed by atoms with Crippen LogP contribution in [0.4, 0.5) is 5.82 Å². The van der Waals surface area contributed by atoms with Gasteiger partial charge in [-0.1, -0.05) is 32.3 Å². The number of hydrogen-bond donors (Lipinski definition) is 0. The monoisotopic (exact) mass is 244 g/mol. The summed E-state index contributed by atoms with van der Waals surface area (Å²) >= 11 is 0. The maximum atomic E-state index is 4.60. The van der Waals surface area contributed by atoms with Gasteiger partial charge in [0.2, 0.25) is 0 Å². The van der Waals surface area contributed by atoms with E-state index in [4.69, 9.17) is 0 Å². The summed E-state index contributed by atoms with van der Waals surface area (Å²) in [6.07, 6.45) is 11.5. The van der Waals surface area contributed by atoms with Crippen molar-refractivity contribution in [3.05, 3.63) is 23.9 Å². The fraction of sp³-hybridized carbons (Fsp3) is 0.688. The van der Waals surface area contributed by atoms with Crippen LogP contribution >= 0.6 is 0 Å². The van der Waals surface area contributed by atoms with E-state index in [9.17, 15) is 0 Å². The number of anilines is 1. The fourth-order valence-corrected chi connectivity index (χ4v) is 3.69. The molecule has 2 aliphatic rings. The molecular formula is C16H24N2. The predicted octanol–water partition coefficient (Wildman–Crippen LogP) is 3.80. The Morgan fingerprint density at radius 1 is 1.44 bits per heavy atom. The van der Waals surface area contributed by atoms with Crippen LogP contribution in [0.3, 0.4) is 0 Å². The van der Waals surface area contributed by atoms with Crippen molar-refractivity contribution in [2.75, 3.05) is 11.4 Å². The molecule has 2 aliphatic heterocycles. The SMILES string of the molecule is CCCCC1CCCN2c3ncccc3C[C@H]2C1. The highest BCUT2D eigenvalue weighted by Gasteiger charge is 2.33. The lowest BCUT2D eigenvalue weighted by Crippen LogP contribution is -2.32. The maximum Gasteiger partial charge on any atom is 0.132 e. The zero-order chi connectivity index (χ0) is 12.4. The predicted molar refractivity (Wildman–Crippen MR) is 75.9 cm³/mol. The minimum absolute atomic E-state index is 0.735. The van der Waals surface area contributed by atoms with Crippen LogP contribution in [0, 0.1) is 5.92 Å². The third-order valence-corrected chi connectivity index (χ3v) is 4.62. The van der Waals surface area contributed by atoms with E-state index in [1.165, 1.54) is 62.9 Å². The molecule has 1 saturated heterocycles. The van der Waals surface area contributed by atoms with Crippen LogP contribution in [0.25, 0.3) is 0 Å². The molecule has 0 spiro atoms. The van der Waals surface area contributed by atoms with Crippen molar-refractivity contribution in [2.24, 2.45) is 5.92 Å². The van der Waals surface area contributed by atoms with Gasteiger partial charge in [-0.3, -0.25) is 0 Å². The Kier molecular flexibility index (Phi) is 3.53. The van der Waals surface area contributed by atoms with Gasteiger partial charge in [-0.25, -0.2) is 4.98 Å². The average Bonchev–Trinajstić information content (AvgIpc) is 2.61. The molecule has 0 bridgehead atoms. The first-order valence-electron chi connectivity index (χ1n) is 7.59. The van der Waals surface area contributed by atoms with Crippen molar-refractivity contribution in [1.82, 2.24) is 4.98 Å². The molecule has 0 aliphatic carbocycles. The van der Waals surface area contributed by atoms with Gasteiger partial charge in [-0.05, 0) is 43.2 Å².